The van der Waals surface area contributed by atoms with Gasteiger partial charge >= 0.3 is 0 Å². The molecule has 2 rings (SSSR count). The van der Waals surface area contributed by atoms with Crippen LogP contribution in [-0.2, 0) is 9.84 Å². The first-order valence-electron chi connectivity index (χ1n) is 3.89. The molecule has 0 aromatic carbocycles. The Morgan fingerprint density at radius 3 is 2.55 bits per heavy atom. The van der Waals surface area contributed by atoms with E-state index in [1.807, 2.05) is 0 Å². The molecule has 3 nitrogen and oxygen atoms in total. The first-order valence-corrected chi connectivity index (χ1v) is 5.71. The predicted molar refractivity (Wildman–Crippen MR) is 40.9 cm³/mol. The lowest BCUT2D eigenvalue weighted by atomic mass is 10.1. The zero-order valence-electron chi connectivity index (χ0n) is 6.28. The molecule has 1 spiro atoms. The maximum Gasteiger partial charge on any atom is 0.151 e. The second kappa shape index (κ2) is 1.98. The molecule has 1 aliphatic carbocycles. The van der Waals surface area contributed by atoms with Crippen molar-refractivity contribution in [3.05, 3.63) is 0 Å². The van der Waals surface area contributed by atoms with Gasteiger partial charge in [0.1, 0.15) is 0 Å². The summed E-state index contributed by atoms with van der Waals surface area (Å²) in [6.45, 7) is 0.201. The third-order valence-electron chi connectivity index (χ3n) is 2.85. The zero-order chi connectivity index (χ0) is 8.11. The van der Waals surface area contributed by atoms with Crippen LogP contribution in [0.5, 0.6) is 0 Å². The van der Waals surface area contributed by atoms with E-state index < -0.39 is 9.84 Å². The smallest absolute Gasteiger partial charge is 0.151 e. The van der Waals surface area contributed by atoms with Crippen LogP contribution in [0, 0.1) is 11.3 Å². The summed E-state index contributed by atoms with van der Waals surface area (Å²) in [6.07, 6.45) is 1.81. The molecular weight excluding hydrogens is 164 g/mol. The monoisotopic (exact) mass is 176 g/mol. The van der Waals surface area contributed by atoms with Crippen molar-refractivity contribution in [2.24, 2.45) is 11.3 Å². The lowest BCUT2D eigenvalue weighted by Gasteiger charge is -2.26. The molecule has 0 aromatic heterocycles. The minimum atomic E-state index is -2.66. The predicted octanol–water partition coefficient (Wildman–Crippen LogP) is -0.197. The van der Waals surface area contributed by atoms with Crippen LogP contribution in [0.25, 0.3) is 0 Å². The first-order chi connectivity index (χ1) is 5.08. The van der Waals surface area contributed by atoms with E-state index in [0.717, 1.165) is 12.8 Å². The topological polar surface area (TPSA) is 54.4 Å². The van der Waals surface area contributed by atoms with Gasteiger partial charge in [0.15, 0.2) is 9.84 Å². The van der Waals surface area contributed by atoms with Crippen LogP contribution in [0.2, 0.25) is 0 Å². The minimum Gasteiger partial charge on any atom is -0.396 e. The third-order valence-corrected chi connectivity index (χ3v) is 4.88. The lowest BCUT2D eigenvalue weighted by Crippen LogP contribution is -2.39. The summed E-state index contributed by atoms with van der Waals surface area (Å²) in [4.78, 5) is 0. The molecule has 1 atom stereocenters. The van der Waals surface area contributed by atoms with Crippen LogP contribution in [0.4, 0.5) is 0 Å². The summed E-state index contributed by atoms with van der Waals surface area (Å²) in [6, 6.07) is 0. The molecule has 2 aliphatic rings. The van der Waals surface area contributed by atoms with E-state index in [9.17, 15) is 8.42 Å². The first kappa shape index (κ1) is 7.55. The Balaban J connectivity index is 1.93. The van der Waals surface area contributed by atoms with Gasteiger partial charge in [0, 0.05) is 12.0 Å². The van der Waals surface area contributed by atoms with Crippen molar-refractivity contribution in [2.75, 3.05) is 18.1 Å². The van der Waals surface area contributed by atoms with E-state index >= 15 is 0 Å². The molecule has 0 radical (unpaired) electrons. The van der Waals surface area contributed by atoms with Crippen LogP contribution < -0.4 is 0 Å². The Morgan fingerprint density at radius 2 is 2.09 bits per heavy atom. The Morgan fingerprint density at radius 1 is 1.45 bits per heavy atom. The second-order valence-electron chi connectivity index (χ2n) is 3.81. The Bertz CT molecular complexity index is 255. The lowest BCUT2D eigenvalue weighted by molar-refractivity contribution is 0.270. The molecule has 1 heterocycles. The number of sulfone groups is 1. The number of hydrogen-bond donors (Lipinski definition) is 1. The minimum absolute atomic E-state index is 0.127. The fraction of sp³-hybridized carbons (Fsp3) is 1.00. The molecule has 1 N–H and O–H groups in total. The van der Waals surface area contributed by atoms with Crippen LogP contribution >= 0.6 is 0 Å². The van der Waals surface area contributed by atoms with Crippen molar-refractivity contribution in [3.8, 4) is 0 Å². The second-order valence-corrected chi connectivity index (χ2v) is 5.87. The Hall–Kier alpha value is -0.0900. The van der Waals surface area contributed by atoms with Gasteiger partial charge in [-0.05, 0) is 18.8 Å². The van der Waals surface area contributed by atoms with E-state index in [1.54, 1.807) is 0 Å². The van der Waals surface area contributed by atoms with Crippen molar-refractivity contribution in [1.29, 1.82) is 0 Å². The van der Waals surface area contributed by atoms with Crippen LogP contribution in [0.1, 0.15) is 12.8 Å². The molecule has 0 bridgehead atoms. The van der Waals surface area contributed by atoms with Gasteiger partial charge in [0.05, 0.1) is 11.5 Å². The highest BCUT2D eigenvalue weighted by molar-refractivity contribution is 7.92. The highest BCUT2D eigenvalue weighted by Crippen LogP contribution is 2.61. The summed E-state index contributed by atoms with van der Waals surface area (Å²) < 4.78 is 21.7. The van der Waals surface area contributed by atoms with Crippen molar-refractivity contribution >= 4 is 9.84 Å². The molecule has 64 valence electrons. The van der Waals surface area contributed by atoms with Crippen LogP contribution in [0.15, 0.2) is 0 Å². The van der Waals surface area contributed by atoms with Crippen molar-refractivity contribution in [2.45, 2.75) is 12.8 Å². The van der Waals surface area contributed by atoms with Gasteiger partial charge in [0.25, 0.3) is 0 Å². The zero-order valence-corrected chi connectivity index (χ0v) is 7.10. The number of aliphatic hydroxyl groups excluding tert-OH is 1. The quantitative estimate of drug-likeness (QED) is 0.634. The van der Waals surface area contributed by atoms with E-state index in [4.69, 9.17) is 5.11 Å². The fourth-order valence-electron chi connectivity index (χ4n) is 2.18. The van der Waals surface area contributed by atoms with E-state index in [2.05, 4.69) is 0 Å². The Labute approximate surface area is 66.3 Å². The molecule has 1 saturated heterocycles. The normalized spacial score (nSPS) is 36.6. The van der Waals surface area contributed by atoms with Crippen molar-refractivity contribution in [1.82, 2.24) is 0 Å². The third kappa shape index (κ3) is 1.08. The standard InChI is InChI=1S/C7H12O3S/c8-2-1-6-3-7(6)4-11(9,10)5-7/h6,8H,1-5H2. The highest BCUT2D eigenvalue weighted by Gasteiger charge is 2.63. The molecule has 1 unspecified atom stereocenters. The summed E-state index contributed by atoms with van der Waals surface area (Å²) in [5.74, 6) is 1.26. The highest BCUT2D eigenvalue weighted by atomic mass is 32.2. The van der Waals surface area contributed by atoms with E-state index in [-0.39, 0.29) is 12.0 Å². The SMILES string of the molecule is O=S1(=O)CC2(CC2CCO)C1. The molecule has 2 fully saturated rings. The average Bonchev–Trinajstić information content (AvgIpc) is 2.40. The maximum absolute atomic E-state index is 10.8. The summed E-state index contributed by atoms with van der Waals surface area (Å²) >= 11 is 0. The van der Waals surface area contributed by atoms with Gasteiger partial charge in [-0.15, -0.1) is 0 Å². The van der Waals surface area contributed by atoms with Gasteiger partial charge in [-0.3, -0.25) is 0 Å². The van der Waals surface area contributed by atoms with Gasteiger partial charge in [0.2, 0.25) is 0 Å². The van der Waals surface area contributed by atoms with Gasteiger partial charge < -0.3 is 5.11 Å². The fourth-order valence-corrected chi connectivity index (χ4v) is 4.56. The number of aliphatic hydroxyl groups is 1. The molecule has 11 heavy (non-hydrogen) atoms. The number of hydrogen-bond acceptors (Lipinski definition) is 3. The van der Waals surface area contributed by atoms with Gasteiger partial charge in [-0.2, -0.15) is 0 Å². The van der Waals surface area contributed by atoms with Gasteiger partial charge in [-0.25, -0.2) is 8.42 Å². The number of rotatable bonds is 2. The molecule has 4 heteroatoms. The largest absolute Gasteiger partial charge is 0.396 e. The van der Waals surface area contributed by atoms with Crippen molar-refractivity contribution < 1.29 is 13.5 Å². The molecule has 0 aromatic rings. The molecule has 0 amide bonds. The molecular formula is C7H12O3S. The summed E-state index contributed by atoms with van der Waals surface area (Å²) in [5, 5.41) is 8.61. The van der Waals surface area contributed by atoms with Crippen LogP contribution in [-0.4, -0.2) is 31.6 Å². The summed E-state index contributed by atoms with van der Waals surface area (Å²) in [5.41, 5.74) is 0.127. The molecule has 1 saturated carbocycles. The maximum atomic E-state index is 10.8. The Kier molecular flexibility index (Phi) is 1.36. The van der Waals surface area contributed by atoms with Crippen molar-refractivity contribution in [3.63, 3.8) is 0 Å². The van der Waals surface area contributed by atoms with Gasteiger partial charge in [-0.1, -0.05) is 0 Å². The summed E-state index contributed by atoms with van der Waals surface area (Å²) in [7, 11) is -2.66. The van der Waals surface area contributed by atoms with E-state index in [0.29, 0.717) is 17.4 Å². The van der Waals surface area contributed by atoms with E-state index in [1.165, 1.54) is 0 Å². The molecule has 1 aliphatic heterocycles. The average molecular weight is 176 g/mol. The van der Waals surface area contributed by atoms with Crippen LogP contribution in [0.3, 0.4) is 0 Å².